The standard InChI is InChI=1S/C9H12N2O3S/c1-15(13,14)8-4-6-5-10-3-2-7(6)11-9(8)12/h4,10H,2-3,5H2,1H3,(H,11,12). The van der Waals surface area contributed by atoms with Gasteiger partial charge in [-0.05, 0) is 11.6 Å². The Morgan fingerprint density at radius 1 is 1.40 bits per heavy atom. The van der Waals surface area contributed by atoms with Gasteiger partial charge in [0.2, 0.25) is 0 Å². The third kappa shape index (κ3) is 1.95. The van der Waals surface area contributed by atoms with Crippen molar-refractivity contribution in [2.45, 2.75) is 17.9 Å². The van der Waals surface area contributed by atoms with Gasteiger partial charge in [-0.2, -0.15) is 0 Å². The summed E-state index contributed by atoms with van der Waals surface area (Å²) in [7, 11) is -3.44. The molecule has 82 valence electrons. The van der Waals surface area contributed by atoms with Crippen LogP contribution >= 0.6 is 0 Å². The van der Waals surface area contributed by atoms with Crippen LogP contribution < -0.4 is 10.9 Å². The molecule has 0 atom stereocenters. The molecule has 15 heavy (non-hydrogen) atoms. The predicted octanol–water partition coefficient (Wildman–Crippen LogP) is -0.576. The maximum absolute atomic E-state index is 11.5. The molecule has 1 aromatic rings. The van der Waals surface area contributed by atoms with Crippen LogP contribution in [0.1, 0.15) is 11.3 Å². The molecule has 0 spiro atoms. The van der Waals surface area contributed by atoms with Crippen molar-refractivity contribution in [2.75, 3.05) is 12.8 Å². The van der Waals surface area contributed by atoms with Crippen molar-refractivity contribution in [3.05, 3.63) is 27.7 Å². The van der Waals surface area contributed by atoms with E-state index in [0.29, 0.717) is 6.54 Å². The number of pyridine rings is 1. The van der Waals surface area contributed by atoms with Crippen LogP contribution in [-0.4, -0.2) is 26.2 Å². The number of hydrogen-bond donors (Lipinski definition) is 2. The van der Waals surface area contributed by atoms with Crippen LogP contribution in [-0.2, 0) is 22.8 Å². The number of aromatic amines is 1. The fourth-order valence-corrected chi connectivity index (χ4v) is 2.43. The Hall–Kier alpha value is -1.14. The average Bonchev–Trinajstić information content (AvgIpc) is 2.15. The van der Waals surface area contributed by atoms with E-state index in [-0.39, 0.29) is 4.90 Å². The van der Waals surface area contributed by atoms with Crippen LogP contribution in [0.4, 0.5) is 0 Å². The van der Waals surface area contributed by atoms with E-state index in [0.717, 1.165) is 30.5 Å². The van der Waals surface area contributed by atoms with Crippen LogP contribution in [0.25, 0.3) is 0 Å². The Morgan fingerprint density at radius 2 is 2.13 bits per heavy atom. The van der Waals surface area contributed by atoms with Gasteiger partial charge in [-0.15, -0.1) is 0 Å². The Morgan fingerprint density at radius 3 is 2.80 bits per heavy atom. The van der Waals surface area contributed by atoms with Crippen LogP contribution in [0, 0.1) is 0 Å². The van der Waals surface area contributed by atoms with Gasteiger partial charge < -0.3 is 10.3 Å². The first-order chi connectivity index (χ1) is 6.98. The summed E-state index contributed by atoms with van der Waals surface area (Å²) in [6.45, 7) is 1.41. The molecule has 0 saturated heterocycles. The Balaban J connectivity index is 2.65. The van der Waals surface area contributed by atoms with Gasteiger partial charge in [-0.3, -0.25) is 4.79 Å². The number of hydrogen-bond acceptors (Lipinski definition) is 4. The minimum Gasteiger partial charge on any atom is -0.325 e. The van der Waals surface area contributed by atoms with Crippen LogP contribution in [0.2, 0.25) is 0 Å². The number of H-pyrrole nitrogens is 1. The topological polar surface area (TPSA) is 79.0 Å². The largest absolute Gasteiger partial charge is 0.325 e. The fourth-order valence-electron chi connectivity index (χ4n) is 1.68. The number of fused-ring (bicyclic) bond motifs is 1. The number of rotatable bonds is 1. The van der Waals surface area contributed by atoms with E-state index in [1.165, 1.54) is 6.07 Å². The zero-order chi connectivity index (χ0) is 11.1. The summed E-state index contributed by atoms with van der Waals surface area (Å²) in [6.07, 6.45) is 1.77. The molecular formula is C9H12N2O3S. The molecule has 0 fully saturated rings. The number of sulfone groups is 1. The summed E-state index contributed by atoms with van der Waals surface area (Å²) < 4.78 is 22.6. The molecule has 0 saturated carbocycles. The maximum Gasteiger partial charge on any atom is 0.266 e. The zero-order valence-electron chi connectivity index (χ0n) is 8.33. The molecule has 0 aliphatic carbocycles. The van der Waals surface area contributed by atoms with Gasteiger partial charge in [0.25, 0.3) is 5.56 Å². The summed E-state index contributed by atoms with van der Waals surface area (Å²) in [6, 6.07) is 1.47. The molecule has 0 bridgehead atoms. The van der Waals surface area contributed by atoms with Crippen molar-refractivity contribution in [3.8, 4) is 0 Å². The third-order valence-corrected chi connectivity index (χ3v) is 3.55. The van der Waals surface area contributed by atoms with Gasteiger partial charge in [0.05, 0.1) is 0 Å². The summed E-state index contributed by atoms with van der Waals surface area (Å²) in [4.78, 5) is 14.0. The Bertz CT molecular complexity index is 545. The van der Waals surface area contributed by atoms with Crippen molar-refractivity contribution in [1.82, 2.24) is 10.3 Å². The first-order valence-corrected chi connectivity index (χ1v) is 6.53. The normalized spacial score (nSPS) is 16.1. The van der Waals surface area contributed by atoms with Crippen LogP contribution in [0.3, 0.4) is 0 Å². The van der Waals surface area contributed by atoms with E-state index in [4.69, 9.17) is 0 Å². The van der Waals surface area contributed by atoms with Crippen LogP contribution in [0.15, 0.2) is 15.8 Å². The Kier molecular flexibility index (Phi) is 2.40. The van der Waals surface area contributed by atoms with Gasteiger partial charge in [-0.1, -0.05) is 0 Å². The third-order valence-electron chi connectivity index (χ3n) is 2.45. The molecule has 1 aliphatic heterocycles. The molecule has 2 rings (SSSR count). The first-order valence-electron chi connectivity index (χ1n) is 4.64. The summed E-state index contributed by atoms with van der Waals surface area (Å²) >= 11 is 0. The first kappa shape index (κ1) is 10.4. The lowest BCUT2D eigenvalue weighted by molar-refractivity contribution is 0.596. The summed E-state index contributed by atoms with van der Waals surface area (Å²) in [5.41, 5.74) is 1.19. The smallest absolute Gasteiger partial charge is 0.266 e. The molecule has 6 heteroatoms. The fraction of sp³-hybridized carbons (Fsp3) is 0.444. The van der Waals surface area contributed by atoms with Gasteiger partial charge in [-0.25, -0.2) is 8.42 Å². The predicted molar refractivity (Wildman–Crippen MR) is 55.6 cm³/mol. The number of nitrogens with one attached hydrogen (secondary N) is 2. The zero-order valence-corrected chi connectivity index (χ0v) is 9.15. The van der Waals surface area contributed by atoms with E-state index in [9.17, 15) is 13.2 Å². The maximum atomic E-state index is 11.5. The van der Waals surface area contributed by atoms with E-state index in [1.807, 2.05) is 0 Å². The van der Waals surface area contributed by atoms with Gasteiger partial charge in [0, 0.05) is 31.5 Å². The molecule has 0 unspecified atom stereocenters. The molecule has 0 aromatic carbocycles. The van der Waals surface area contributed by atoms with Crippen LogP contribution in [0.5, 0.6) is 0 Å². The van der Waals surface area contributed by atoms with Gasteiger partial charge >= 0.3 is 0 Å². The van der Waals surface area contributed by atoms with E-state index < -0.39 is 15.4 Å². The van der Waals surface area contributed by atoms with Crippen molar-refractivity contribution < 1.29 is 8.42 Å². The lowest BCUT2D eigenvalue weighted by Crippen LogP contribution is -2.29. The Labute approximate surface area is 87.4 Å². The second-order valence-corrected chi connectivity index (χ2v) is 5.65. The highest BCUT2D eigenvalue weighted by molar-refractivity contribution is 7.90. The molecule has 1 aromatic heterocycles. The molecule has 5 nitrogen and oxygen atoms in total. The molecule has 0 amide bonds. The van der Waals surface area contributed by atoms with Crippen molar-refractivity contribution in [1.29, 1.82) is 0 Å². The van der Waals surface area contributed by atoms with Crippen molar-refractivity contribution in [3.63, 3.8) is 0 Å². The molecule has 2 heterocycles. The average molecular weight is 228 g/mol. The monoisotopic (exact) mass is 228 g/mol. The van der Waals surface area contributed by atoms with Crippen molar-refractivity contribution >= 4 is 9.84 Å². The second kappa shape index (κ2) is 3.46. The lowest BCUT2D eigenvalue weighted by atomic mass is 10.1. The SMILES string of the molecule is CS(=O)(=O)c1cc2c([nH]c1=O)CCNC2. The quantitative estimate of drug-likeness (QED) is 0.674. The van der Waals surface area contributed by atoms with Crippen molar-refractivity contribution in [2.24, 2.45) is 0 Å². The lowest BCUT2D eigenvalue weighted by Gasteiger charge is -2.16. The highest BCUT2D eigenvalue weighted by Crippen LogP contribution is 2.12. The highest BCUT2D eigenvalue weighted by Gasteiger charge is 2.17. The summed E-state index contributed by atoms with van der Waals surface area (Å²) in [5.74, 6) is 0. The minimum atomic E-state index is -3.44. The van der Waals surface area contributed by atoms with E-state index in [1.54, 1.807) is 0 Å². The minimum absolute atomic E-state index is 0.148. The van der Waals surface area contributed by atoms with Gasteiger partial charge in [0.15, 0.2) is 9.84 Å². The highest BCUT2D eigenvalue weighted by atomic mass is 32.2. The molecule has 0 radical (unpaired) electrons. The summed E-state index contributed by atoms with van der Waals surface area (Å²) in [5, 5.41) is 3.12. The van der Waals surface area contributed by atoms with E-state index in [2.05, 4.69) is 10.3 Å². The number of aromatic nitrogens is 1. The molecule has 2 N–H and O–H groups in total. The molecule has 1 aliphatic rings. The molecular weight excluding hydrogens is 216 g/mol. The van der Waals surface area contributed by atoms with E-state index >= 15 is 0 Å². The second-order valence-electron chi connectivity index (χ2n) is 3.67. The van der Waals surface area contributed by atoms with Gasteiger partial charge in [0.1, 0.15) is 4.90 Å².